The minimum Gasteiger partial charge on any atom is -0.339 e. The third-order valence-corrected chi connectivity index (χ3v) is 5.34. The van der Waals surface area contributed by atoms with Crippen LogP contribution in [0.3, 0.4) is 0 Å². The molecule has 5 heteroatoms. The van der Waals surface area contributed by atoms with Crippen molar-refractivity contribution in [1.82, 2.24) is 15.5 Å². The average Bonchev–Trinajstić information content (AvgIpc) is 3.18. The minimum absolute atomic E-state index is 0.555. The second kappa shape index (κ2) is 6.27. The number of nitrogens with one attached hydrogen (secondary N) is 1. The Morgan fingerprint density at radius 2 is 2.11 bits per heavy atom. The van der Waals surface area contributed by atoms with Crippen LogP contribution in [0.5, 0.6) is 0 Å². The van der Waals surface area contributed by atoms with Gasteiger partial charge >= 0.3 is 0 Å². The summed E-state index contributed by atoms with van der Waals surface area (Å²) in [5, 5.41) is 8.47. The van der Waals surface area contributed by atoms with Crippen molar-refractivity contribution in [2.45, 2.75) is 69.2 Å². The van der Waals surface area contributed by atoms with E-state index in [2.05, 4.69) is 34.1 Å². The minimum atomic E-state index is 0.555. The molecule has 0 radical (unpaired) electrons. The van der Waals surface area contributed by atoms with Crippen LogP contribution >= 0.6 is 11.8 Å². The molecule has 0 aliphatic heterocycles. The molecule has 2 aliphatic carbocycles. The van der Waals surface area contributed by atoms with Crippen LogP contribution in [0, 0.1) is 0 Å². The molecule has 2 unspecified atom stereocenters. The van der Waals surface area contributed by atoms with Crippen LogP contribution in [-0.2, 0) is 6.54 Å². The Bertz CT molecular complexity index is 403. The topological polar surface area (TPSA) is 51.0 Å². The zero-order valence-electron chi connectivity index (χ0n) is 11.6. The lowest BCUT2D eigenvalue weighted by atomic mass is 9.95. The second-order valence-electron chi connectivity index (χ2n) is 5.59. The largest absolute Gasteiger partial charge is 0.339 e. The molecule has 2 saturated carbocycles. The Morgan fingerprint density at radius 1 is 1.26 bits per heavy atom. The smallest absolute Gasteiger partial charge is 0.229 e. The molecule has 2 fully saturated rings. The summed E-state index contributed by atoms with van der Waals surface area (Å²) >= 11 is 2.09. The van der Waals surface area contributed by atoms with Crippen LogP contribution in [0.15, 0.2) is 4.52 Å². The van der Waals surface area contributed by atoms with Crippen LogP contribution < -0.4 is 5.32 Å². The van der Waals surface area contributed by atoms with Crippen molar-refractivity contribution in [3.63, 3.8) is 0 Å². The molecule has 1 aromatic heterocycles. The van der Waals surface area contributed by atoms with E-state index in [0.29, 0.717) is 12.0 Å². The maximum absolute atomic E-state index is 5.30. The number of nitrogens with zero attached hydrogens (tertiary/aromatic N) is 2. The third kappa shape index (κ3) is 3.51. The van der Waals surface area contributed by atoms with Gasteiger partial charge in [-0.3, -0.25) is 0 Å². The summed E-state index contributed by atoms with van der Waals surface area (Å²) in [7, 11) is 0. The Morgan fingerprint density at radius 3 is 2.89 bits per heavy atom. The van der Waals surface area contributed by atoms with Gasteiger partial charge in [0.05, 0.1) is 6.54 Å². The Labute approximate surface area is 119 Å². The first kappa shape index (κ1) is 13.4. The van der Waals surface area contributed by atoms with E-state index in [1.165, 1.54) is 44.3 Å². The second-order valence-corrected chi connectivity index (χ2v) is 7.10. The number of rotatable bonds is 6. The highest BCUT2D eigenvalue weighted by Crippen LogP contribution is 2.38. The molecule has 2 atom stereocenters. The van der Waals surface area contributed by atoms with Gasteiger partial charge in [-0.2, -0.15) is 16.7 Å². The maximum atomic E-state index is 5.30. The van der Waals surface area contributed by atoms with Crippen molar-refractivity contribution in [1.29, 1.82) is 0 Å². The molecule has 3 rings (SSSR count). The lowest BCUT2D eigenvalue weighted by Gasteiger charge is -2.31. The van der Waals surface area contributed by atoms with E-state index < -0.39 is 0 Å². The highest BCUT2D eigenvalue weighted by Gasteiger charge is 2.30. The van der Waals surface area contributed by atoms with Crippen molar-refractivity contribution < 1.29 is 4.52 Å². The zero-order valence-corrected chi connectivity index (χ0v) is 12.4. The highest BCUT2D eigenvalue weighted by molar-refractivity contribution is 7.99. The van der Waals surface area contributed by atoms with Crippen LogP contribution in [0.1, 0.15) is 63.1 Å². The van der Waals surface area contributed by atoms with Gasteiger partial charge in [-0.1, -0.05) is 24.9 Å². The molecule has 0 aromatic carbocycles. The molecule has 1 N–H and O–H groups in total. The summed E-state index contributed by atoms with van der Waals surface area (Å²) < 4.78 is 5.30. The van der Waals surface area contributed by atoms with E-state index in [1.54, 1.807) is 0 Å². The van der Waals surface area contributed by atoms with Gasteiger partial charge in [0.1, 0.15) is 0 Å². The summed E-state index contributed by atoms with van der Waals surface area (Å²) in [4.78, 5) is 4.48. The first-order chi connectivity index (χ1) is 9.36. The van der Waals surface area contributed by atoms with Crippen LogP contribution in [0.2, 0.25) is 0 Å². The van der Waals surface area contributed by atoms with Crippen molar-refractivity contribution in [3.8, 4) is 0 Å². The van der Waals surface area contributed by atoms with Gasteiger partial charge in [0.2, 0.25) is 5.89 Å². The lowest BCUT2D eigenvalue weighted by Crippen LogP contribution is -2.40. The van der Waals surface area contributed by atoms with Gasteiger partial charge in [0, 0.05) is 17.2 Å². The van der Waals surface area contributed by atoms with Crippen molar-refractivity contribution in [2.24, 2.45) is 0 Å². The number of hydrogen-bond acceptors (Lipinski definition) is 5. The van der Waals surface area contributed by atoms with Gasteiger partial charge in [-0.15, -0.1) is 0 Å². The molecule has 0 spiro atoms. The van der Waals surface area contributed by atoms with Crippen LogP contribution in [0.25, 0.3) is 0 Å². The van der Waals surface area contributed by atoms with E-state index in [9.17, 15) is 0 Å². The van der Waals surface area contributed by atoms with Crippen molar-refractivity contribution >= 4 is 11.8 Å². The first-order valence-corrected chi connectivity index (χ1v) is 8.59. The van der Waals surface area contributed by atoms with Crippen molar-refractivity contribution in [2.75, 3.05) is 5.75 Å². The molecule has 2 aliphatic rings. The number of thioether (sulfide) groups is 1. The summed E-state index contributed by atoms with van der Waals surface area (Å²) in [5.41, 5.74) is 0. The van der Waals surface area contributed by atoms with E-state index in [4.69, 9.17) is 4.52 Å². The van der Waals surface area contributed by atoms with Crippen LogP contribution in [0.4, 0.5) is 0 Å². The van der Waals surface area contributed by atoms with Gasteiger partial charge in [-0.05, 0) is 31.4 Å². The molecule has 1 heterocycles. The molecular weight excluding hydrogens is 258 g/mol. The molecule has 0 amide bonds. The molecule has 4 nitrogen and oxygen atoms in total. The monoisotopic (exact) mass is 281 g/mol. The van der Waals surface area contributed by atoms with Crippen molar-refractivity contribution in [3.05, 3.63) is 11.7 Å². The first-order valence-electron chi connectivity index (χ1n) is 7.54. The lowest BCUT2D eigenvalue weighted by molar-refractivity contribution is 0.359. The number of hydrogen-bond donors (Lipinski definition) is 1. The predicted molar refractivity (Wildman–Crippen MR) is 77.3 cm³/mol. The fraction of sp³-hybridized carbons (Fsp3) is 0.857. The van der Waals surface area contributed by atoms with Gasteiger partial charge < -0.3 is 9.84 Å². The van der Waals surface area contributed by atoms with Gasteiger partial charge in [0.25, 0.3) is 0 Å². The van der Waals surface area contributed by atoms with E-state index >= 15 is 0 Å². The quantitative estimate of drug-likeness (QED) is 0.868. The third-order valence-electron chi connectivity index (χ3n) is 4.02. The molecular formula is C14H23N3OS. The summed E-state index contributed by atoms with van der Waals surface area (Å²) in [6.07, 6.45) is 7.78. The Balaban J connectivity index is 1.51. The Kier molecular flexibility index (Phi) is 4.43. The number of aromatic nitrogens is 2. The van der Waals surface area contributed by atoms with E-state index in [0.717, 1.165) is 23.5 Å². The van der Waals surface area contributed by atoms with E-state index in [1.807, 2.05) is 0 Å². The van der Waals surface area contributed by atoms with Crippen LogP contribution in [-0.4, -0.2) is 27.2 Å². The maximum Gasteiger partial charge on any atom is 0.229 e. The molecule has 19 heavy (non-hydrogen) atoms. The molecule has 0 bridgehead atoms. The average molecular weight is 281 g/mol. The summed E-state index contributed by atoms with van der Waals surface area (Å²) in [5.74, 6) is 3.43. The fourth-order valence-corrected chi connectivity index (χ4v) is 4.03. The highest BCUT2D eigenvalue weighted by atomic mass is 32.2. The van der Waals surface area contributed by atoms with Gasteiger partial charge in [-0.25, -0.2) is 0 Å². The predicted octanol–water partition coefficient (Wildman–Crippen LogP) is 3.10. The summed E-state index contributed by atoms with van der Waals surface area (Å²) in [6, 6.07) is 0.613. The normalized spacial score (nSPS) is 27.6. The van der Waals surface area contributed by atoms with E-state index in [-0.39, 0.29) is 0 Å². The zero-order chi connectivity index (χ0) is 13.1. The SMILES string of the molecule is CCSC1CCCCC1NCc1noc(C2CC2)n1. The Hall–Kier alpha value is -0.550. The molecule has 0 saturated heterocycles. The molecule has 1 aromatic rings. The fourth-order valence-electron chi connectivity index (χ4n) is 2.80. The summed E-state index contributed by atoms with van der Waals surface area (Å²) in [6.45, 7) is 3.00. The standard InChI is InChI=1S/C14H23N3OS/c1-2-19-12-6-4-3-5-11(12)15-9-13-16-14(18-17-13)10-7-8-10/h10-12,15H,2-9H2,1H3. The molecule has 106 valence electrons. The van der Waals surface area contributed by atoms with Gasteiger partial charge in [0.15, 0.2) is 5.82 Å².